The highest BCUT2D eigenvalue weighted by Gasteiger charge is 2.28. The summed E-state index contributed by atoms with van der Waals surface area (Å²) in [5, 5.41) is 6.22. The van der Waals surface area contributed by atoms with Crippen molar-refractivity contribution < 1.29 is 9.53 Å². The predicted octanol–water partition coefficient (Wildman–Crippen LogP) is 1.47. The molecule has 0 unspecified atom stereocenters. The van der Waals surface area contributed by atoms with Crippen molar-refractivity contribution in [1.29, 1.82) is 0 Å². The number of carbonyl (C=O) groups excluding carboxylic acids is 1. The molecule has 1 heterocycles. The Morgan fingerprint density at radius 2 is 2.28 bits per heavy atom. The zero-order valence-corrected chi connectivity index (χ0v) is 12.1. The fraction of sp³-hybridized carbons (Fsp3) is 0.462. The summed E-state index contributed by atoms with van der Waals surface area (Å²) in [7, 11) is 1.67. The highest BCUT2D eigenvalue weighted by molar-refractivity contribution is 9.10. The largest absolute Gasteiger partial charge is 0.378 e. The number of amides is 1. The van der Waals surface area contributed by atoms with Crippen LogP contribution < -0.4 is 10.6 Å². The van der Waals surface area contributed by atoms with E-state index < -0.39 is 0 Å². The molecule has 0 bridgehead atoms. The lowest BCUT2D eigenvalue weighted by Gasteiger charge is -2.19. The van der Waals surface area contributed by atoms with Crippen molar-refractivity contribution in [1.82, 2.24) is 10.6 Å². The molecule has 1 amide bonds. The van der Waals surface area contributed by atoms with Crippen LogP contribution in [0, 0.1) is 6.92 Å². The van der Waals surface area contributed by atoms with Gasteiger partial charge >= 0.3 is 0 Å². The zero-order chi connectivity index (χ0) is 13.1. The van der Waals surface area contributed by atoms with Gasteiger partial charge in [0.1, 0.15) is 0 Å². The van der Waals surface area contributed by atoms with Gasteiger partial charge in [0, 0.05) is 30.2 Å². The Balaban J connectivity index is 2.10. The lowest BCUT2D eigenvalue weighted by molar-refractivity contribution is 0.0779. The van der Waals surface area contributed by atoms with E-state index in [2.05, 4.69) is 26.6 Å². The number of hydrogen-bond acceptors (Lipinski definition) is 3. The van der Waals surface area contributed by atoms with E-state index in [0.29, 0.717) is 5.56 Å². The Morgan fingerprint density at radius 3 is 3.00 bits per heavy atom. The van der Waals surface area contributed by atoms with E-state index in [-0.39, 0.29) is 18.1 Å². The molecule has 0 radical (unpaired) electrons. The van der Waals surface area contributed by atoms with E-state index in [4.69, 9.17) is 4.74 Å². The predicted molar refractivity (Wildman–Crippen MR) is 73.8 cm³/mol. The second-order valence-electron chi connectivity index (χ2n) is 4.42. The molecular weight excluding hydrogens is 296 g/mol. The normalized spacial score (nSPS) is 23.1. The molecule has 1 fully saturated rings. The maximum atomic E-state index is 12.2. The molecule has 5 heteroatoms. The van der Waals surface area contributed by atoms with Crippen molar-refractivity contribution in [3.63, 3.8) is 0 Å². The summed E-state index contributed by atoms with van der Waals surface area (Å²) < 4.78 is 6.28. The van der Waals surface area contributed by atoms with Gasteiger partial charge in [-0.1, -0.05) is 22.0 Å². The maximum Gasteiger partial charge on any atom is 0.251 e. The van der Waals surface area contributed by atoms with Crippen LogP contribution in [0.1, 0.15) is 15.9 Å². The van der Waals surface area contributed by atoms with Crippen molar-refractivity contribution in [3.8, 4) is 0 Å². The molecule has 18 heavy (non-hydrogen) atoms. The van der Waals surface area contributed by atoms with Crippen LogP contribution in [0.5, 0.6) is 0 Å². The van der Waals surface area contributed by atoms with Gasteiger partial charge in [0.2, 0.25) is 0 Å². The first-order valence-electron chi connectivity index (χ1n) is 5.93. The summed E-state index contributed by atoms with van der Waals surface area (Å²) in [6, 6.07) is 5.66. The van der Waals surface area contributed by atoms with Crippen LogP contribution in [0.3, 0.4) is 0 Å². The van der Waals surface area contributed by atoms with Crippen LogP contribution in [-0.4, -0.2) is 38.3 Å². The minimum atomic E-state index is -0.0513. The quantitative estimate of drug-likeness (QED) is 0.889. The van der Waals surface area contributed by atoms with Crippen molar-refractivity contribution in [2.45, 2.75) is 19.1 Å². The van der Waals surface area contributed by atoms with Crippen molar-refractivity contribution >= 4 is 21.8 Å². The van der Waals surface area contributed by atoms with Crippen LogP contribution in [0.25, 0.3) is 0 Å². The van der Waals surface area contributed by atoms with Crippen LogP contribution >= 0.6 is 15.9 Å². The minimum absolute atomic E-state index is 0.0286. The van der Waals surface area contributed by atoms with E-state index in [9.17, 15) is 4.79 Å². The summed E-state index contributed by atoms with van der Waals surface area (Å²) in [5.41, 5.74) is 1.65. The molecule has 98 valence electrons. The smallest absolute Gasteiger partial charge is 0.251 e. The molecule has 2 N–H and O–H groups in total. The second kappa shape index (κ2) is 5.82. The van der Waals surface area contributed by atoms with E-state index in [1.807, 2.05) is 25.1 Å². The topological polar surface area (TPSA) is 50.4 Å². The highest BCUT2D eigenvalue weighted by Crippen LogP contribution is 2.19. The molecule has 1 aromatic rings. The lowest BCUT2D eigenvalue weighted by Crippen LogP contribution is -2.43. The van der Waals surface area contributed by atoms with Crippen molar-refractivity contribution in [2.75, 3.05) is 20.2 Å². The minimum Gasteiger partial charge on any atom is -0.378 e. The zero-order valence-electron chi connectivity index (χ0n) is 10.5. The number of methoxy groups -OCH3 is 1. The molecule has 2 rings (SSSR count). The third kappa shape index (κ3) is 2.74. The van der Waals surface area contributed by atoms with E-state index in [1.165, 1.54) is 0 Å². The maximum absolute atomic E-state index is 12.2. The molecule has 0 aromatic heterocycles. The first-order chi connectivity index (χ1) is 8.63. The van der Waals surface area contributed by atoms with Gasteiger partial charge in [0.05, 0.1) is 12.1 Å². The van der Waals surface area contributed by atoms with Gasteiger partial charge in [-0.2, -0.15) is 0 Å². The van der Waals surface area contributed by atoms with Crippen LogP contribution in [0.4, 0.5) is 0 Å². The number of carbonyl (C=O) groups is 1. The summed E-state index contributed by atoms with van der Waals surface area (Å²) in [6.07, 6.45) is 0.0430. The first kappa shape index (κ1) is 13.5. The fourth-order valence-corrected chi connectivity index (χ4v) is 2.51. The molecule has 0 aliphatic carbocycles. The van der Waals surface area contributed by atoms with E-state index in [0.717, 1.165) is 23.1 Å². The number of ether oxygens (including phenoxy) is 1. The van der Waals surface area contributed by atoms with Crippen molar-refractivity contribution in [2.24, 2.45) is 0 Å². The SMILES string of the molecule is CO[C@H]1CNC[C@@H]1NC(=O)c1cccc(Br)c1C. The monoisotopic (exact) mass is 312 g/mol. The molecule has 4 nitrogen and oxygen atoms in total. The van der Waals surface area contributed by atoms with Gasteiger partial charge in [-0.25, -0.2) is 0 Å². The van der Waals surface area contributed by atoms with Gasteiger partial charge in [-0.05, 0) is 24.6 Å². The Kier molecular flexibility index (Phi) is 4.37. The van der Waals surface area contributed by atoms with Gasteiger partial charge < -0.3 is 15.4 Å². The molecule has 1 saturated heterocycles. The third-order valence-electron chi connectivity index (χ3n) is 3.29. The number of hydrogen-bond donors (Lipinski definition) is 2. The van der Waals surface area contributed by atoms with Crippen molar-refractivity contribution in [3.05, 3.63) is 33.8 Å². The van der Waals surface area contributed by atoms with Gasteiger partial charge in [0.15, 0.2) is 0 Å². The standard InChI is InChI=1S/C13H17BrN2O2/c1-8-9(4-3-5-10(8)14)13(17)16-11-6-15-7-12(11)18-2/h3-5,11-12,15H,6-7H2,1-2H3,(H,16,17)/t11-,12-/m0/s1. The molecule has 1 aliphatic heterocycles. The molecule has 0 saturated carbocycles. The highest BCUT2D eigenvalue weighted by atomic mass is 79.9. The van der Waals surface area contributed by atoms with Crippen LogP contribution in [0.15, 0.2) is 22.7 Å². The number of nitrogens with one attached hydrogen (secondary N) is 2. The van der Waals surface area contributed by atoms with Crippen LogP contribution in [0.2, 0.25) is 0 Å². The molecule has 1 aliphatic rings. The fourth-order valence-electron chi connectivity index (χ4n) is 2.15. The average Bonchev–Trinajstić information content (AvgIpc) is 2.79. The number of halogens is 1. The van der Waals surface area contributed by atoms with Gasteiger partial charge in [-0.15, -0.1) is 0 Å². The Morgan fingerprint density at radius 1 is 1.50 bits per heavy atom. The average molecular weight is 313 g/mol. The summed E-state index contributed by atoms with van der Waals surface area (Å²) in [6.45, 7) is 3.45. The van der Waals surface area contributed by atoms with Gasteiger partial charge in [-0.3, -0.25) is 4.79 Å². The van der Waals surface area contributed by atoms with E-state index in [1.54, 1.807) is 7.11 Å². The summed E-state index contributed by atoms with van der Waals surface area (Å²) in [5.74, 6) is -0.0513. The third-order valence-corrected chi connectivity index (χ3v) is 4.15. The second-order valence-corrected chi connectivity index (χ2v) is 5.28. The summed E-state index contributed by atoms with van der Waals surface area (Å²) >= 11 is 3.44. The molecule has 2 atom stereocenters. The van der Waals surface area contributed by atoms with E-state index >= 15 is 0 Å². The van der Waals surface area contributed by atoms with Gasteiger partial charge in [0.25, 0.3) is 5.91 Å². The van der Waals surface area contributed by atoms with Crippen LogP contribution in [-0.2, 0) is 4.74 Å². The number of rotatable bonds is 3. The first-order valence-corrected chi connectivity index (χ1v) is 6.72. The molecule has 0 spiro atoms. The molecule has 1 aromatic carbocycles. The lowest BCUT2D eigenvalue weighted by atomic mass is 10.1. The molecular formula is C13H17BrN2O2. The summed E-state index contributed by atoms with van der Waals surface area (Å²) in [4.78, 5) is 12.2. The Labute approximate surface area is 115 Å². The Bertz CT molecular complexity index is 451. The Hall–Kier alpha value is -0.910. The number of benzene rings is 1.